The number of ether oxygens (including phenoxy) is 1. The van der Waals surface area contributed by atoms with Crippen molar-refractivity contribution in [2.75, 3.05) is 18.0 Å². The molecule has 9 heteroatoms. The number of halogens is 1. The third-order valence-corrected chi connectivity index (χ3v) is 4.97. The molecule has 1 amide bonds. The van der Waals surface area contributed by atoms with Crippen LogP contribution in [0.3, 0.4) is 0 Å². The molecule has 3 aromatic rings. The third kappa shape index (κ3) is 4.46. The Morgan fingerprint density at radius 2 is 1.90 bits per heavy atom. The molecule has 156 valence electrons. The molecule has 1 N–H and O–H groups in total. The molecule has 0 bridgehead atoms. The molecule has 1 aliphatic heterocycles. The Morgan fingerprint density at radius 1 is 1.17 bits per heavy atom. The molecule has 30 heavy (non-hydrogen) atoms. The topological polar surface area (TPSA) is 85.2 Å². The third-order valence-electron chi connectivity index (χ3n) is 4.97. The Balaban J connectivity index is 1.37. The number of aromatic nitrogens is 4. The minimum atomic E-state index is -0.297. The van der Waals surface area contributed by atoms with Crippen LogP contribution in [0.2, 0.25) is 0 Å². The monoisotopic (exact) mass is 410 g/mol. The predicted octanol–water partition coefficient (Wildman–Crippen LogP) is 2.35. The lowest BCUT2D eigenvalue weighted by molar-refractivity contribution is -0.00539. The maximum atomic E-state index is 14.7. The van der Waals surface area contributed by atoms with E-state index in [9.17, 15) is 9.18 Å². The molecule has 2 aromatic carbocycles. The number of benzene rings is 2. The summed E-state index contributed by atoms with van der Waals surface area (Å²) in [4.78, 5) is 14.4. The van der Waals surface area contributed by atoms with Crippen LogP contribution in [0.25, 0.3) is 5.69 Å². The normalized spacial score (nSPS) is 19.0. The number of hydrogen-bond acceptors (Lipinski definition) is 6. The SMILES string of the molecule is CC1CN(c2ccc(CNC(=O)c3ccc(-n4cnnn4)cc3)cc2F)CC(C)O1. The second-order valence-corrected chi connectivity index (χ2v) is 7.43. The van der Waals surface area contributed by atoms with E-state index < -0.39 is 0 Å². The Labute approximate surface area is 173 Å². The number of tetrazole rings is 1. The number of anilines is 1. The Hall–Kier alpha value is -3.33. The van der Waals surface area contributed by atoms with Crippen molar-refractivity contribution in [2.24, 2.45) is 0 Å². The Kier molecular flexibility index (Phi) is 5.71. The second-order valence-electron chi connectivity index (χ2n) is 7.43. The first-order valence-corrected chi connectivity index (χ1v) is 9.80. The number of morpholine rings is 1. The molecule has 0 spiro atoms. The van der Waals surface area contributed by atoms with E-state index in [1.54, 1.807) is 30.3 Å². The van der Waals surface area contributed by atoms with Gasteiger partial charge in [-0.15, -0.1) is 5.10 Å². The maximum absolute atomic E-state index is 14.7. The molecule has 0 saturated carbocycles. The lowest BCUT2D eigenvalue weighted by Gasteiger charge is -2.37. The average molecular weight is 410 g/mol. The highest BCUT2D eigenvalue weighted by Crippen LogP contribution is 2.24. The average Bonchev–Trinajstić information content (AvgIpc) is 3.26. The number of carbonyl (C=O) groups is 1. The first-order valence-electron chi connectivity index (χ1n) is 9.80. The summed E-state index contributed by atoms with van der Waals surface area (Å²) >= 11 is 0. The van der Waals surface area contributed by atoms with Crippen LogP contribution < -0.4 is 10.2 Å². The smallest absolute Gasteiger partial charge is 0.251 e. The maximum Gasteiger partial charge on any atom is 0.251 e. The van der Waals surface area contributed by atoms with Gasteiger partial charge in [0.2, 0.25) is 0 Å². The summed E-state index contributed by atoms with van der Waals surface area (Å²) < 4.78 is 21.9. The number of hydrogen-bond donors (Lipinski definition) is 1. The summed E-state index contributed by atoms with van der Waals surface area (Å²) in [5.41, 5.74) is 2.51. The first-order chi connectivity index (χ1) is 14.5. The molecule has 4 rings (SSSR count). The largest absolute Gasteiger partial charge is 0.372 e. The summed E-state index contributed by atoms with van der Waals surface area (Å²) in [6, 6.07) is 12.0. The van der Waals surface area contributed by atoms with Gasteiger partial charge in [-0.2, -0.15) is 0 Å². The van der Waals surface area contributed by atoms with Gasteiger partial charge in [-0.3, -0.25) is 4.79 Å². The van der Waals surface area contributed by atoms with E-state index in [2.05, 4.69) is 20.8 Å². The standard InChI is InChI=1S/C21H23FN6O2/c1-14-11-27(12-15(2)30-14)20-8-3-16(9-19(20)22)10-23-21(29)17-4-6-18(7-5-17)28-13-24-25-26-28/h3-9,13-15H,10-12H2,1-2H3,(H,23,29). The number of carbonyl (C=O) groups excluding carboxylic acids is 1. The highest BCUT2D eigenvalue weighted by molar-refractivity contribution is 5.94. The highest BCUT2D eigenvalue weighted by atomic mass is 19.1. The summed E-state index contributed by atoms with van der Waals surface area (Å²) in [7, 11) is 0. The quantitative estimate of drug-likeness (QED) is 0.695. The van der Waals surface area contributed by atoms with E-state index in [1.165, 1.54) is 17.1 Å². The van der Waals surface area contributed by atoms with Crippen molar-refractivity contribution in [1.29, 1.82) is 0 Å². The predicted molar refractivity (Wildman–Crippen MR) is 109 cm³/mol. The van der Waals surface area contributed by atoms with Crippen LogP contribution in [-0.2, 0) is 11.3 Å². The molecule has 1 fully saturated rings. The van der Waals surface area contributed by atoms with Crippen molar-refractivity contribution in [3.05, 3.63) is 65.7 Å². The fraction of sp³-hybridized carbons (Fsp3) is 0.333. The van der Waals surface area contributed by atoms with Crippen LogP contribution in [0.15, 0.2) is 48.8 Å². The van der Waals surface area contributed by atoms with Crippen molar-refractivity contribution in [1.82, 2.24) is 25.5 Å². The molecule has 1 saturated heterocycles. The van der Waals surface area contributed by atoms with E-state index in [0.29, 0.717) is 29.9 Å². The minimum Gasteiger partial charge on any atom is -0.372 e. The van der Waals surface area contributed by atoms with E-state index in [-0.39, 0.29) is 30.5 Å². The van der Waals surface area contributed by atoms with Crippen LogP contribution >= 0.6 is 0 Å². The number of amides is 1. The zero-order valence-corrected chi connectivity index (χ0v) is 16.8. The zero-order chi connectivity index (χ0) is 21.1. The molecule has 1 aliphatic rings. The van der Waals surface area contributed by atoms with Gasteiger partial charge in [0, 0.05) is 25.2 Å². The van der Waals surface area contributed by atoms with Gasteiger partial charge in [-0.25, -0.2) is 9.07 Å². The van der Waals surface area contributed by atoms with Gasteiger partial charge < -0.3 is 15.0 Å². The minimum absolute atomic E-state index is 0.0549. The second kappa shape index (κ2) is 8.58. The lowest BCUT2D eigenvalue weighted by atomic mass is 10.1. The molecule has 8 nitrogen and oxygen atoms in total. The van der Waals surface area contributed by atoms with Crippen LogP contribution in [0, 0.1) is 5.82 Å². The molecular weight excluding hydrogens is 387 g/mol. The fourth-order valence-electron chi connectivity index (χ4n) is 3.62. The lowest BCUT2D eigenvalue weighted by Crippen LogP contribution is -2.45. The molecular formula is C21H23FN6O2. The Morgan fingerprint density at radius 3 is 2.53 bits per heavy atom. The molecule has 2 unspecified atom stereocenters. The van der Waals surface area contributed by atoms with Crippen molar-refractivity contribution in [3.8, 4) is 5.69 Å². The van der Waals surface area contributed by atoms with E-state index >= 15 is 0 Å². The summed E-state index contributed by atoms with van der Waals surface area (Å²) in [6.45, 7) is 5.51. The van der Waals surface area contributed by atoms with Crippen molar-refractivity contribution in [2.45, 2.75) is 32.6 Å². The van der Waals surface area contributed by atoms with Crippen LogP contribution in [0.4, 0.5) is 10.1 Å². The van der Waals surface area contributed by atoms with Gasteiger partial charge in [0.25, 0.3) is 5.91 Å². The highest BCUT2D eigenvalue weighted by Gasteiger charge is 2.24. The first kappa shape index (κ1) is 20.0. The van der Waals surface area contributed by atoms with Gasteiger partial charge in [-0.1, -0.05) is 6.07 Å². The fourth-order valence-corrected chi connectivity index (χ4v) is 3.62. The number of rotatable bonds is 5. The number of nitrogens with zero attached hydrogens (tertiary/aromatic N) is 5. The van der Waals surface area contributed by atoms with Gasteiger partial charge in [0.15, 0.2) is 0 Å². The van der Waals surface area contributed by atoms with E-state index in [4.69, 9.17) is 4.74 Å². The van der Waals surface area contributed by atoms with E-state index in [1.807, 2.05) is 24.8 Å². The van der Waals surface area contributed by atoms with Gasteiger partial charge in [-0.05, 0) is 66.2 Å². The van der Waals surface area contributed by atoms with Gasteiger partial charge >= 0.3 is 0 Å². The zero-order valence-electron chi connectivity index (χ0n) is 16.8. The molecule has 0 aliphatic carbocycles. The molecule has 0 radical (unpaired) electrons. The summed E-state index contributed by atoms with van der Waals surface area (Å²) in [6.07, 6.45) is 1.59. The van der Waals surface area contributed by atoms with Gasteiger partial charge in [0.1, 0.15) is 12.1 Å². The summed E-state index contributed by atoms with van der Waals surface area (Å²) in [5.74, 6) is -0.535. The van der Waals surface area contributed by atoms with Crippen LogP contribution in [-0.4, -0.2) is 51.4 Å². The Bertz CT molecular complexity index is 999. The van der Waals surface area contributed by atoms with Crippen molar-refractivity contribution >= 4 is 11.6 Å². The summed E-state index contributed by atoms with van der Waals surface area (Å²) in [5, 5.41) is 13.8. The molecule has 1 aromatic heterocycles. The van der Waals surface area contributed by atoms with Gasteiger partial charge in [0.05, 0.1) is 23.6 Å². The molecule has 2 heterocycles. The molecule has 2 atom stereocenters. The van der Waals surface area contributed by atoms with Crippen LogP contribution in [0.1, 0.15) is 29.8 Å². The van der Waals surface area contributed by atoms with E-state index in [0.717, 1.165) is 5.69 Å². The van der Waals surface area contributed by atoms with Crippen molar-refractivity contribution < 1.29 is 13.9 Å². The van der Waals surface area contributed by atoms with Crippen molar-refractivity contribution in [3.63, 3.8) is 0 Å². The number of nitrogens with one attached hydrogen (secondary N) is 1. The van der Waals surface area contributed by atoms with Crippen LogP contribution in [0.5, 0.6) is 0 Å².